The molecule has 0 radical (unpaired) electrons. The Morgan fingerprint density at radius 3 is 3.00 bits per heavy atom. The number of carbonyl (C=O) groups is 1. The summed E-state index contributed by atoms with van der Waals surface area (Å²) in [7, 11) is 0. The molecule has 0 fully saturated rings. The highest BCUT2D eigenvalue weighted by molar-refractivity contribution is 7.17. The monoisotopic (exact) mass is 343 g/mol. The standard InChI is InChI=1S/C16H17N5O2S/c1-10(11-3-2-5-17-9-11)19-16-20-12-4-8-24-14(12)13(21-16)15(23)18-6-7-22/h2-5,8-10,22H,6-7H2,1H3,(H,18,23)(H,19,20,21)/t10-/m0/s1. The molecule has 0 spiro atoms. The van der Waals surface area contributed by atoms with Crippen LogP contribution in [0.3, 0.4) is 0 Å². The van der Waals surface area contributed by atoms with Crippen molar-refractivity contribution in [3.05, 3.63) is 47.2 Å². The van der Waals surface area contributed by atoms with Crippen LogP contribution in [0.2, 0.25) is 0 Å². The van der Waals surface area contributed by atoms with Crippen LogP contribution in [0.1, 0.15) is 29.0 Å². The molecular formula is C16H17N5O2S. The Kier molecular flexibility index (Phi) is 4.97. The minimum absolute atomic E-state index is 0.0526. The highest BCUT2D eigenvalue weighted by Crippen LogP contribution is 2.25. The van der Waals surface area contributed by atoms with Crippen LogP contribution in [0.25, 0.3) is 10.2 Å². The molecule has 3 N–H and O–H groups in total. The average molecular weight is 343 g/mol. The lowest BCUT2D eigenvalue weighted by atomic mass is 10.1. The molecule has 124 valence electrons. The van der Waals surface area contributed by atoms with E-state index in [2.05, 4.69) is 25.6 Å². The van der Waals surface area contributed by atoms with E-state index in [0.717, 1.165) is 10.3 Å². The highest BCUT2D eigenvalue weighted by atomic mass is 32.1. The third-order valence-corrected chi connectivity index (χ3v) is 4.36. The Morgan fingerprint density at radius 2 is 2.25 bits per heavy atom. The summed E-state index contributed by atoms with van der Waals surface area (Å²) in [5.41, 5.74) is 2.02. The van der Waals surface area contributed by atoms with E-state index in [0.29, 0.717) is 17.2 Å². The fourth-order valence-corrected chi connectivity index (χ4v) is 3.06. The molecular weight excluding hydrogens is 326 g/mol. The van der Waals surface area contributed by atoms with Gasteiger partial charge < -0.3 is 15.7 Å². The first-order valence-electron chi connectivity index (χ1n) is 7.50. The molecule has 3 aromatic rings. The minimum atomic E-state index is -0.323. The van der Waals surface area contributed by atoms with Crippen molar-refractivity contribution in [1.82, 2.24) is 20.3 Å². The molecule has 0 aliphatic rings. The number of hydrogen-bond acceptors (Lipinski definition) is 7. The number of nitrogens with one attached hydrogen (secondary N) is 2. The third-order valence-electron chi connectivity index (χ3n) is 3.45. The van der Waals surface area contributed by atoms with Gasteiger partial charge in [-0.25, -0.2) is 9.97 Å². The van der Waals surface area contributed by atoms with E-state index >= 15 is 0 Å². The van der Waals surface area contributed by atoms with Gasteiger partial charge in [0, 0.05) is 18.9 Å². The lowest BCUT2D eigenvalue weighted by Gasteiger charge is -2.14. The number of aromatic nitrogens is 3. The van der Waals surface area contributed by atoms with Crippen LogP contribution in [0, 0.1) is 0 Å². The molecule has 0 unspecified atom stereocenters. The highest BCUT2D eigenvalue weighted by Gasteiger charge is 2.17. The Hall–Kier alpha value is -2.58. The second-order valence-corrected chi connectivity index (χ2v) is 6.08. The van der Waals surface area contributed by atoms with Crippen LogP contribution < -0.4 is 10.6 Å². The van der Waals surface area contributed by atoms with Crippen LogP contribution in [-0.4, -0.2) is 39.1 Å². The first-order chi connectivity index (χ1) is 11.7. The van der Waals surface area contributed by atoms with E-state index in [-0.39, 0.29) is 25.1 Å². The summed E-state index contributed by atoms with van der Waals surface area (Å²) in [5.74, 6) is 0.0578. The van der Waals surface area contributed by atoms with E-state index < -0.39 is 0 Å². The van der Waals surface area contributed by atoms with Crippen molar-refractivity contribution in [1.29, 1.82) is 0 Å². The maximum atomic E-state index is 12.3. The van der Waals surface area contributed by atoms with Crippen molar-refractivity contribution in [2.75, 3.05) is 18.5 Å². The molecule has 3 rings (SSSR count). The van der Waals surface area contributed by atoms with Gasteiger partial charge in [0.05, 0.1) is 22.9 Å². The number of pyridine rings is 1. The third kappa shape index (κ3) is 3.50. The number of aliphatic hydroxyl groups excluding tert-OH is 1. The Morgan fingerprint density at radius 1 is 1.38 bits per heavy atom. The Labute approximate surface area is 142 Å². The second-order valence-electron chi connectivity index (χ2n) is 5.16. The fraction of sp³-hybridized carbons (Fsp3) is 0.250. The van der Waals surface area contributed by atoms with E-state index in [9.17, 15) is 4.79 Å². The number of rotatable bonds is 6. The van der Waals surface area contributed by atoms with Gasteiger partial charge in [0.1, 0.15) is 0 Å². The van der Waals surface area contributed by atoms with Crippen LogP contribution in [-0.2, 0) is 0 Å². The Balaban J connectivity index is 1.90. The number of anilines is 1. The zero-order chi connectivity index (χ0) is 16.9. The molecule has 1 atom stereocenters. The SMILES string of the molecule is C[C@H](Nc1nc(C(=O)NCCO)c2sccc2n1)c1cccnc1. The van der Waals surface area contributed by atoms with E-state index in [1.807, 2.05) is 30.5 Å². The van der Waals surface area contributed by atoms with E-state index in [1.165, 1.54) is 11.3 Å². The van der Waals surface area contributed by atoms with Gasteiger partial charge in [0.15, 0.2) is 5.69 Å². The van der Waals surface area contributed by atoms with Gasteiger partial charge in [-0.05, 0) is 30.0 Å². The van der Waals surface area contributed by atoms with Crippen LogP contribution in [0.4, 0.5) is 5.95 Å². The number of amides is 1. The van der Waals surface area contributed by atoms with Gasteiger partial charge in [-0.15, -0.1) is 11.3 Å². The van der Waals surface area contributed by atoms with Crippen molar-refractivity contribution < 1.29 is 9.90 Å². The molecule has 0 saturated heterocycles. The van der Waals surface area contributed by atoms with Gasteiger partial charge in [0.2, 0.25) is 5.95 Å². The summed E-state index contributed by atoms with van der Waals surface area (Å²) < 4.78 is 0.727. The number of fused-ring (bicyclic) bond motifs is 1. The Bertz CT molecular complexity index is 837. The number of aliphatic hydroxyl groups is 1. The molecule has 0 saturated carbocycles. The van der Waals surface area contributed by atoms with Crippen molar-refractivity contribution in [2.24, 2.45) is 0 Å². The van der Waals surface area contributed by atoms with Crippen molar-refractivity contribution >= 4 is 33.4 Å². The van der Waals surface area contributed by atoms with Gasteiger partial charge in [-0.3, -0.25) is 9.78 Å². The van der Waals surface area contributed by atoms with Gasteiger partial charge >= 0.3 is 0 Å². The lowest BCUT2D eigenvalue weighted by Crippen LogP contribution is -2.27. The first-order valence-corrected chi connectivity index (χ1v) is 8.37. The van der Waals surface area contributed by atoms with Crippen LogP contribution in [0.15, 0.2) is 36.0 Å². The molecule has 0 aromatic carbocycles. The summed E-state index contributed by atoms with van der Waals surface area (Å²) in [6, 6.07) is 5.63. The number of thiophene rings is 1. The number of hydrogen-bond donors (Lipinski definition) is 3. The molecule has 1 amide bonds. The normalized spacial score (nSPS) is 12.1. The molecule has 0 aliphatic carbocycles. The maximum Gasteiger partial charge on any atom is 0.271 e. The molecule has 7 nitrogen and oxygen atoms in total. The van der Waals surface area contributed by atoms with Crippen molar-refractivity contribution in [3.8, 4) is 0 Å². The maximum absolute atomic E-state index is 12.3. The predicted molar refractivity (Wildman–Crippen MR) is 93.1 cm³/mol. The number of nitrogens with zero attached hydrogens (tertiary/aromatic N) is 3. The predicted octanol–water partition coefficient (Wildman–Crippen LogP) is 1.98. The number of carbonyl (C=O) groups excluding carboxylic acids is 1. The van der Waals surface area contributed by atoms with Crippen molar-refractivity contribution in [3.63, 3.8) is 0 Å². The summed E-state index contributed by atoms with van der Waals surface area (Å²) in [6.45, 7) is 2.04. The van der Waals surface area contributed by atoms with E-state index in [4.69, 9.17) is 5.11 Å². The van der Waals surface area contributed by atoms with Gasteiger partial charge in [0.25, 0.3) is 5.91 Å². The second kappa shape index (κ2) is 7.33. The molecule has 0 bridgehead atoms. The first kappa shape index (κ1) is 16.3. The van der Waals surface area contributed by atoms with Gasteiger partial charge in [-0.1, -0.05) is 6.07 Å². The zero-order valence-electron chi connectivity index (χ0n) is 13.1. The van der Waals surface area contributed by atoms with Gasteiger partial charge in [-0.2, -0.15) is 0 Å². The summed E-state index contributed by atoms with van der Waals surface area (Å²) in [6.07, 6.45) is 3.49. The molecule has 8 heteroatoms. The summed E-state index contributed by atoms with van der Waals surface area (Å²) in [4.78, 5) is 25.2. The smallest absolute Gasteiger partial charge is 0.271 e. The minimum Gasteiger partial charge on any atom is -0.395 e. The molecule has 3 heterocycles. The van der Waals surface area contributed by atoms with Crippen LogP contribution >= 0.6 is 11.3 Å². The molecule has 0 aliphatic heterocycles. The molecule has 3 aromatic heterocycles. The summed E-state index contributed by atoms with van der Waals surface area (Å²) in [5, 5.41) is 16.6. The topological polar surface area (TPSA) is 100 Å². The quantitative estimate of drug-likeness (QED) is 0.633. The van der Waals surface area contributed by atoms with Crippen molar-refractivity contribution in [2.45, 2.75) is 13.0 Å². The fourth-order valence-electron chi connectivity index (χ4n) is 2.24. The molecule has 24 heavy (non-hydrogen) atoms. The largest absolute Gasteiger partial charge is 0.395 e. The average Bonchev–Trinajstić information content (AvgIpc) is 3.08. The van der Waals surface area contributed by atoms with Crippen LogP contribution in [0.5, 0.6) is 0 Å². The lowest BCUT2D eigenvalue weighted by molar-refractivity contribution is 0.0942. The summed E-state index contributed by atoms with van der Waals surface area (Å²) >= 11 is 1.41. The zero-order valence-corrected chi connectivity index (χ0v) is 13.9. The van der Waals surface area contributed by atoms with E-state index in [1.54, 1.807) is 12.4 Å².